The highest BCUT2D eigenvalue weighted by Crippen LogP contribution is 2.31. The van der Waals surface area contributed by atoms with Gasteiger partial charge in [0.25, 0.3) is 5.91 Å². The van der Waals surface area contributed by atoms with Gasteiger partial charge in [-0.05, 0) is 47.9 Å². The minimum absolute atomic E-state index is 0.0594. The molecule has 0 aliphatic rings. The molecule has 0 aliphatic heterocycles. The first-order chi connectivity index (χ1) is 15.7. The van der Waals surface area contributed by atoms with Crippen LogP contribution in [0.3, 0.4) is 0 Å². The quantitative estimate of drug-likeness (QED) is 0.396. The Kier molecular flexibility index (Phi) is 7.17. The van der Waals surface area contributed by atoms with Gasteiger partial charge in [0.2, 0.25) is 0 Å². The fourth-order valence-corrected chi connectivity index (χ4v) is 3.14. The molecule has 8 heteroatoms. The fourth-order valence-electron chi connectivity index (χ4n) is 3.14. The van der Waals surface area contributed by atoms with Crippen LogP contribution in [0.1, 0.15) is 53.0 Å². The normalized spacial score (nSPS) is 10.6. The molecule has 0 saturated heterocycles. The van der Waals surface area contributed by atoms with Gasteiger partial charge in [-0.25, -0.2) is 4.79 Å². The monoisotopic (exact) mass is 451 g/mol. The number of carbonyl (C=O) groups is 3. The number of hydrogen-bond donors (Lipinski definition) is 1. The van der Waals surface area contributed by atoms with E-state index >= 15 is 0 Å². The van der Waals surface area contributed by atoms with E-state index in [0.29, 0.717) is 17.1 Å². The van der Waals surface area contributed by atoms with E-state index in [9.17, 15) is 14.4 Å². The zero-order valence-corrected chi connectivity index (χ0v) is 19.1. The van der Waals surface area contributed by atoms with Crippen LogP contribution >= 0.6 is 0 Å². The van der Waals surface area contributed by atoms with Gasteiger partial charge in [0.1, 0.15) is 17.3 Å². The molecule has 0 fully saturated rings. The van der Waals surface area contributed by atoms with E-state index in [4.69, 9.17) is 18.6 Å². The van der Waals surface area contributed by atoms with Gasteiger partial charge in [0.05, 0.1) is 37.3 Å². The van der Waals surface area contributed by atoms with Crippen molar-refractivity contribution < 1.29 is 33.0 Å². The number of rotatable bonds is 7. The van der Waals surface area contributed by atoms with Crippen LogP contribution in [0, 0.1) is 0 Å². The van der Waals surface area contributed by atoms with Crippen molar-refractivity contribution in [3.63, 3.8) is 0 Å². The zero-order valence-electron chi connectivity index (χ0n) is 19.1. The van der Waals surface area contributed by atoms with Crippen LogP contribution in [0.2, 0.25) is 0 Å². The smallest absolute Gasteiger partial charge is 0.339 e. The van der Waals surface area contributed by atoms with Gasteiger partial charge in [0.15, 0.2) is 0 Å². The molecule has 1 amide bonds. The average molecular weight is 451 g/mol. The highest BCUT2D eigenvalue weighted by atomic mass is 16.5. The molecule has 2 aromatic carbocycles. The number of hydrogen-bond acceptors (Lipinski definition) is 7. The van der Waals surface area contributed by atoms with E-state index in [1.54, 1.807) is 30.5 Å². The number of benzene rings is 2. The summed E-state index contributed by atoms with van der Waals surface area (Å²) < 4.78 is 20.9. The number of amides is 1. The Balaban J connectivity index is 2.03. The van der Waals surface area contributed by atoms with Gasteiger partial charge in [-0.15, -0.1) is 0 Å². The lowest BCUT2D eigenvalue weighted by atomic mass is 10.0. The maximum Gasteiger partial charge on any atom is 0.339 e. The number of ether oxygens (including phenoxy) is 3. The molecule has 1 aromatic heterocycles. The topological polar surface area (TPSA) is 104 Å². The van der Waals surface area contributed by atoms with E-state index in [1.807, 2.05) is 6.07 Å². The Bertz CT molecular complexity index is 1190. The number of nitrogens with one attached hydrogen (secondary N) is 1. The summed E-state index contributed by atoms with van der Waals surface area (Å²) in [5.41, 5.74) is 2.11. The lowest BCUT2D eigenvalue weighted by molar-refractivity contribution is -0.131. The molecule has 0 atom stereocenters. The molecule has 0 saturated carbocycles. The first-order valence-corrected chi connectivity index (χ1v) is 10.2. The highest BCUT2D eigenvalue weighted by Gasteiger charge is 2.21. The summed E-state index contributed by atoms with van der Waals surface area (Å²) >= 11 is 0. The van der Waals surface area contributed by atoms with Gasteiger partial charge in [0, 0.05) is 12.5 Å². The molecule has 0 spiro atoms. The molecule has 1 N–H and O–H groups in total. The number of esters is 2. The molecule has 33 heavy (non-hydrogen) atoms. The Morgan fingerprint density at radius 1 is 0.970 bits per heavy atom. The summed E-state index contributed by atoms with van der Waals surface area (Å²) in [6, 6.07) is 11.3. The largest absolute Gasteiger partial charge is 0.497 e. The summed E-state index contributed by atoms with van der Waals surface area (Å²) in [6.45, 7) is 5.34. The number of methoxy groups -OCH3 is 2. The Morgan fingerprint density at radius 3 is 2.33 bits per heavy atom. The minimum atomic E-state index is -0.620. The zero-order chi connectivity index (χ0) is 24.1. The highest BCUT2D eigenvalue weighted by molar-refractivity contribution is 6.10. The fraction of sp³-hybridized carbons (Fsp3) is 0.240. The summed E-state index contributed by atoms with van der Waals surface area (Å²) in [6.07, 6.45) is 1.67. The molecule has 3 aromatic rings. The second-order valence-electron chi connectivity index (χ2n) is 7.56. The summed E-state index contributed by atoms with van der Waals surface area (Å²) in [7, 11) is 2.71. The maximum absolute atomic E-state index is 13.2. The van der Waals surface area contributed by atoms with E-state index in [-0.39, 0.29) is 28.5 Å². The number of furan rings is 1. The van der Waals surface area contributed by atoms with Crippen molar-refractivity contribution in [1.29, 1.82) is 0 Å². The second kappa shape index (κ2) is 10.0. The first-order valence-electron chi connectivity index (χ1n) is 10.2. The van der Waals surface area contributed by atoms with E-state index in [1.165, 1.54) is 33.3 Å². The van der Waals surface area contributed by atoms with Crippen molar-refractivity contribution in [3.05, 3.63) is 65.4 Å². The maximum atomic E-state index is 13.2. The first kappa shape index (κ1) is 23.6. The van der Waals surface area contributed by atoms with Crippen LogP contribution < -0.4 is 14.8 Å². The third-order valence-electron chi connectivity index (χ3n) is 4.93. The molecule has 0 bridgehead atoms. The van der Waals surface area contributed by atoms with Crippen LogP contribution in [0.15, 0.2) is 53.1 Å². The van der Waals surface area contributed by atoms with Crippen LogP contribution in [0.5, 0.6) is 11.5 Å². The third-order valence-corrected chi connectivity index (χ3v) is 4.93. The van der Waals surface area contributed by atoms with Gasteiger partial charge >= 0.3 is 11.9 Å². The van der Waals surface area contributed by atoms with E-state index in [2.05, 4.69) is 19.2 Å². The summed E-state index contributed by atoms with van der Waals surface area (Å²) in [5, 5.41) is 2.72. The van der Waals surface area contributed by atoms with Crippen molar-refractivity contribution in [2.24, 2.45) is 0 Å². The molecule has 1 heterocycles. The second-order valence-corrected chi connectivity index (χ2v) is 7.56. The van der Waals surface area contributed by atoms with Crippen molar-refractivity contribution >= 4 is 23.5 Å². The molecular weight excluding hydrogens is 426 g/mol. The SMILES string of the molecule is COC(=O)c1ccc(-c2cc(C(C)C)co2)cc1NC(=O)c1cc(OC)ccc1OC(C)=O. The van der Waals surface area contributed by atoms with Gasteiger partial charge < -0.3 is 23.9 Å². The molecule has 3 rings (SSSR count). The summed E-state index contributed by atoms with van der Waals surface area (Å²) in [5.74, 6) is -0.472. The Hall–Kier alpha value is -4.07. The average Bonchev–Trinajstić information content (AvgIpc) is 3.29. The van der Waals surface area contributed by atoms with Crippen molar-refractivity contribution in [2.45, 2.75) is 26.7 Å². The number of anilines is 1. The predicted molar refractivity (Wildman–Crippen MR) is 122 cm³/mol. The lowest BCUT2D eigenvalue weighted by Gasteiger charge is -2.14. The molecule has 0 radical (unpaired) electrons. The molecule has 0 unspecified atom stereocenters. The molecule has 8 nitrogen and oxygen atoms in total. The predicted octanol–water partition coefficient (Wildman–Crippen LogP) is 5.04. The Morgan fingerprint density at radius 2 is 1.73 bits per heavy atom. The third kappa shape index (κ3) is 5.41. The standard InChI is InChI=1S/C25H25NO7/c1-14(2)17-11-23(32-13-17)16-6-8-19(25(29)31-5)21(10-16)26-24(28)20-12-18(30-4)7-9-22(20)33-15(3)27/h6-14H,1-5H3,(H,26,28). The molecular formula is C25H25NO7. The summed E-state index contributed by atoms with van der Waals surface area (Å²) in [4.78, 5) is 37.0. The van der Waals surface area contributed by atoms with Gasteiger partial charge in [-0.2, -0.15) is 0 Å². The van der Waals surface area contributed by atoms with E-state index in [0.717, 1.165) is 5.56 Å². The minimum Gasteiger partial charge on any atom is -0.497 e. The van der Waals surface area contributed by atoms with Crippen LogP contribution in [0.25, 0.3) is 11.3 Å². The van der Waals surface area contributed by atoms with Crippen LogP contribution in [-0.2, 0) is 9.53 Å². The molecule has 172 valence electrons. The van der Waals surface area contributed by atoms with E-state index < -0.39 is 17.8 Å². The van der Waals surface area contributed by atoms with Crippen molar-refractivity contribution in [2.75, 3.05) is 19.5 Å². The van der Waals surface area contributed by atoms with Crippen molar-refractivity contribution in [1.82, 2.24) is 0 Å². The molecule has 0 aliphatic carbocycles. The van der Waals surface area contributed by atoms with Gasteiger partial charge in [-0.3, -0.25) is 9.59 Å². The lowest BCUT2D eigenvalue weighted by Crippen LogP contribution is -2.17. The Labute approximate surface area is 191 Å². The number of carbonyl (C=O) groups excluding carboxylic acids is 3. The van der Waals surface area contributed by atoms with Crippen LogP contribution in [0.4, 0.5) is 5.69 Å². The van der Waals surface area contributed by atoms with Gasteiger partial charge in [-0.1, -0.05) is 19.9 Å². The van der Waals surface area contributed by atoms with Crippen LogP contribution in [-0.4, -0.2) is 32.1 Å². The van der Waals surface area contributed by atoms with Crippen molar-refractivity contribution in [3.8, 4) is 22.8 Å².